The minimum Gasteiger partial charge on any atom is -0.350 e. The van der Waals surface area contributed by atoms with Crippen LogP contribution in [0.25, 0.3) is 11.3 Å². The van der Waals surface area contributed by atoms with Gasteiger partial charge in [-0.2, -0.15) is 0 Å². The van der Waals surface area contributed by atoms with Crippen LogP contribution in [0.15, 0.2) is 45.7 Å². The Kier molecular flexibility index (Phi) is 4.12. The van der Waals surface area contributed by atoms with Crippen molar-refractivity contribution >= 4 is 5.91 Å². The Morgan fingerprint density at radius 2 is 2.07 bits per heavy atom. The summed E-state index contributed by atoms with van der Waals surface area (Å²) in [6, 6.07) is 11.4. The van der Waals surface area contributed by atoms with Gasteiger partial charge in [0.25, 0.3) is 11.5 Å². The average molecular weight is 390 g/mol. The molecule has 1 unspecified atom stereocenters. The molecular weight excluding hydrogens is 368 g/mol. The van der Waals surface area contributed by atoms with Crippen LogP contribution < -0.4 is 5.56 Å². The molecule has 1 N–H and O–H groups in total. The first-order valence-corrected chi connectivity index (χ1v) is 9.97. The second-order valence-corrected chi connectivity index (χ2v) is 8.03. The fourth-order valence-corrected chi connectivity index (χ4v) is 4.74. The van der Waals surface area contributed by atoms with E-state index in [1.165, 1.54) is 0 Å². The van der Waals surface area contributed by atoms with Crippen LogP contribution in [-0.2, 0) is 11.8 Å². The lowest BCUT2D eigenvalue weighted by Crippen LogP contribution is -2.48. The van der Waals surface area contributed by atoms with Crippen molar-refractivity contribution in [2.24, 2.45) is 0 Å². The lowest BCUT2D eigenvalue weighted by atomic mass is 9.77. The van der Waals surface area contributed by atoms with Crippen molar-refractivity contribution in [1.29, 1.82) is 0 Å². The second kappa shape index (κ2) is 6.69. The van der Waals surface area contributed by atoms with Gasteiger partial charge >= 0.3 is 0 Å². The maximum atomic E-state index is 13.1. The first-order chi connectivity index (χ1) is 14.1. The molecule has 7 heteroatoms. The summed E-state index contributed by atoms with van der Waals surface area (Å²) in [5, 5.41) is 4.07. The van der Waals surface area contributed by atoms with Crippen LogP contribution in [0, 0.1) is 6.92 Å². The highest BCUT2D eigenvalue weighted by Crippen LogP contribution is 2.43. The molecule has 0 radical (unpaired) electrons. The van der Waals surface area contributed by atoms with Crippen LogP contribution in [0.5, 0.6) is 0 Å². The first-order valence-electron chi connectivity index (χ1n) is 9.97. The maximum Gasteiger partial charge on any atom is 0.292 e. The van der Waals surface area contributed by atoms with Gasteiger partial charge in [-0.05, 0) is 32.6 Å². The van der Waals surface area contributed by atoms with E-state index in [1.54, 1.807) is 13.0 Å². The number of benzene rings is 1. The smallest absolute Gasteiger partial charge is 0.292 e. The molecule has 5 rings (SSSR count). The number of piperidine rings is 1. The standard InChI is InChI=1S/C22H22N4O3/c1-14-23-19-16(20(27)24-14)8-10-22(19)9-5-11-26(13-22)21(28)18-12-17(25-29-18)15-6-3-2-4-7-15/h2-4,6-7,12H,5,8-11,13H2,1H3,(H,23,24,27). The molecule has 1 spiro atoms. The summed E-state index contributed by atoms with van der Waals surface area (Å²) in [6.45, 7) is 3.02. The number of carbonyl (C=O) groups is 1. The largest absolute Gasteiger partial charge is 0.350 e. The minimum atomic E-state index is -0.245. The number of nitrogens with zero attached hydrogens (tertiary/aromatic N) is 3. The summed E-state index contributed by atoms with van der Waals surface area (Å²) in [5.41, 5.74) is 2.92. The lowest BCUT2D eigenvalue weighted by Gasteiger charge is -2.40. The summed E-state index contributed by atoms with van der Waals surface area (Å²) in [7, 11) is 0. The third kappa shape index (κ3) is 2.97. The number of aromatic amines is 1. The quantitative estimate of drug-likeness (QED) is 0.726. The van der Waals surface area contributed by atoms with Gasteiger partial charge in [-0.15, -0.1) is 0 Å². The number of fused-ring (bicyclic) bond motifs is 2. The highest BCUT2D eigenvalue weighted by molar-refractivity contribution is 5.92. The van der Waals surface area contributed by atoms with Crippen molar-refractivity contribution in [3.63, 3.8) is 0 Å². The van der Waals surface area contributed by atoms with Crippen molar-refractivity contribution in [3.05, 3.63) is 69.6 Å². The number of hydrogen-bond acceptors (Lipinski definition) is 5. The van der Waals surface area contributed by atoms with Gasteiger partial charge in [0.05, 0.1) is 5.69 Å². The SMILES string of the molecule is Cc1nc2c(c(=O)[nH]1)CCC21CCCN(C(=O)c2cc(-c3ccccc3)no2)C1. The molecule has 1 aliphatic carbocycles. The van der Waals surface area contributed by atoms with E-state index in [9.17, 15) is 9.59 Å². The van der Waals surface area contributed by atoms with E-state index in [1.807, 2.05) is 35.2 Å². The molecule has 2 aromatic heterocycles. The number of nitrogens with one attached hydrogen (secondary N) is 1. The summed E-state index contributed by atoms with van der Waals surface area (Å²) in [5.74, 6) is 0.712. The highest BCUT2D eigenvalue weighted by Gasteiger charge is 2.46. The average Bonchev–Trinajstić information content (AvgIpc) is 3.35. The molecule has 1 aliphatic heterocycles. The number of aryl methyl sites for hydroxylation is 1. The Labute approximate surface area is 167 Å². The van der Waals surface area contributed by atoms with Gasteiger partial charge in [-0.25, -0.2) is 4.98 Å². The predicted molar refractivity (Wildman–Crippen MR) is 107 cm³/mol. The number of aromatic nitrogens is 3. The van der Waals surface area contributed by atoms with E-state index >= 15 is 0 Å². The van der Waals surface area contributed by atoms with Gasteiger partial charge in [0.2, 0.25) is 5.76 Å². The molecule has 0 saturated carbocycles. The number of likely N-dealkylation sites (tertiary alicyclic amines) is 1. The van der Waals surface area contributed by atoms with Crippen LogP contribution in [-0.4, -0.2) is 39.0 Å². The Morgan fingerprint density at radius 1 is 1.24 bits per heavy atom. The molecule has 2 aliphatic rings. The molecule has 1 saturated heterocycles. The van der Waals surface area contributed by atoms with Gasteiger partial charge in [0, 0.05) is 35.7 Å². The fraction of sp³-hybridized carbons (Fsp3) is 0.364. The Bertz CT molecular complexity index is 1130. The van der Waals surface area contributed by atoms with E-state index < -0.39 is 0 Å². The molecule has 3 heterocycles. The molecular formula is C22H22N4O3. The van der Waals surface area contributed by atoms with Crippen LogP contribution in [0.2, 0.25) is 0 Å². The first kappa shape index (κ1) is 17.8. The summed E-state index contributed by atoms with van der Waals surface area (Å²) in [4.78, 5) is 34.8. The summed E-state index contributed by atoms with van der Waals surface area (Å²) >= 11 is 0. The van der Waals surface area contributed by atoms with E-state index in [-0.39, 0.29) is 22.6 Å². The summed E-state index contributed by atoms with van der Waals surface area (Å²) < 4.78 is 5.38. The maximum absolute atomic E-state index is 13.1. The second-order valence-electron chi connectivity index (χ2n) is 8.03. The third-order valence-corrected chi connectivity index (χ3v) is 6.14. The van der Waals surface area contributed by atoms with Crippen molar-refractivity contribution in [2.45, 2.75) is 38.0 Å². The van der Waals surface area contributed by atoms with Crippen molar-refractivity contribution < 1.29 is 9.32 Å². The summed E-state index contributed by atoms with van der Waals surface area (Å²) in [6.07, 6.45) is 3.36. The topological polar surface area (TPSA) is 92.1 Å². The normalized spacial score (nSPS) is 20.8. The van der Waals surface area contributed by atoms with E-state index in [0.717, 1.165) is 36.1 Å². The van der Waals surface area contributed by atoms with Crippen LogP contribution >= 0.6 is 0 Å². The monoisotopic (exact) mass is 390 g/mol. The number of hydrogen-bond donors (Lipinski definition) is 1. The molecule has 29 heavy (non-hydrogen) atoms. The Morgan fingerprint density at radius 3 is 2.90 bits per heavy atom. The highest BCUT2D eigenvalue weighted by atomic mass is 16.5. The minimum absolute atomic E-state index is 0.0458. The number of carbonyl (C=O) groups excluding carboxylic acids is 1. The fourth-order valence-electron chi connectivity index (χ4n) is 4.74. The Balaban J connectivity index is 1.42. The van der Waals surface area contributed by atoms with Crippen molar-refractivity contribution in [3.8, 4) is 11.3 Å². The van der Waals surface area contributed by atoms with Gasteiger partial charge in [0.15, 0.2) is 0 Å². The van der Waals surface area contributed by atoms with Gasteiger partial charge in [0.1, 0.15) is 11.5 Å². The zero-order valence-corrected chi connectivity index (χ0v) is 16.3. The van der Waals surface area contributed by atoms with Crippen LogP contribution in [0.1, 0.15) is 46.9 Å². The number of rotatable bonds is 2. The van der Waals surface area contributed by atoms with E-state index in [4.69, 9.17) is 4.52 Å². The number of H-pyrrole nitrogens is 1. The molecule has 1 aromatic carbocycles. The van der Waals surface area contributed by atoms with E-state index in [2.05, 4.69) is 15.1 Å². The van der Waals surface area contributed by atoms with Crippen LogP contribution in [0.4, 0.5) is 0 Å². The zero-order chi connectivity index (χ0) is 20.0. The van der Waals surface area contributed by atoms with Crippen molar-refractivity contribution in [1.82, 2.24) is 20.0 Å². The molecule has 0 bridgehead atoms. The van der Waals surface area contributed by atoms with Crippen molar-refractivity contribution in [2.75, 3.05) is 13.1 Å². The molecule has 148 valence electrons. The molecule has 1 fully saturated rings. The third-order valence-electron chi connectivity index (χ3n) is 6.14. The number of amides is 1. The van der Waals surface area contributed by atoms with Crippen LogP contribution in [0.3, 0.4) is 0 Å². The Hall–Kier alpha value is -3.22. The molecule has 7 nitrogen and oxygen atoms in total. The predicted octanol–water partition coefficient (Wildman–Crippen LogP) is 2.85. The molecule has 3 aromatic rings. The molecule has 1 amide bonds. The lowest BCUT2D eigenvalue weighted by molar-refractivity contribution is 0.0592. The zero-order valence-electron chi connectivity index (χ0n) is 16.3. The molecule has 1 atom stereocenters. The van der Waals surface area contributed by atoms with E-state index in [0.29, 0.717) is 31.0 Å². The van der Waals surface area contributed by atoms with Gasteiger partial charge < -0.3 is 14.4 Å². The van der Waals surface area contributed by atoms with Gasteiger partial charge in [-0.1, -0.05) is 35.5 Å². The van der Waals surface area contributed by atoms with Gasteiger partial charge in [-0.3, -0.25) is 9.59 Å².